The lowest BCUT2D eigenvalue weighted by Gasteiger charge is -2.11. The highest BCUT2D eigenvalue weighted by Gasteiger charge is 2.04. The zero-order chi connectivity index (χ0) is 15.8. The molecule has 0 fully saturated rings. The third-order valence-corrected chi connectivity index (χ3v) is 3.29. The zero-order valence-corrected chi connectivity index (χ0v) is 13.5. The molecule has 0 aliphatic carbocycles. The number of rotatable bonds is 8. The molecule has 1 heterocycles. The van der Waals surface area contributed by atoms with Gasteiger partial charge in [-0.25, -0.2) is 0 Å². The van der Waals surface area contributed by atoms with Gasteiger partial charge in [0.25, 0.3) is 0 Å². The molecule has 0 spiro atoms. The molecule has 22 heavy (non-hydrogen) atoms. The molecule has 0 radical (unpaired) electrons. The van der Waals surface area contributed by atoms with E-state index in [1.807, 2.05) is 18.2 Å². The Bertz CT molecular complexity index is 584. The molecule has 118 valence electrons. The van der Waals surface area contributed by atoms with Crippen LogP contribution in [0.1, 0.15) is 18.9 Å². The van der Waals surface area contributed by atoms with Crippen molar-refractivity contribution in [3.05, 3.63) is 36.0 Å². The first-order chi connectivity index (χ1) is 10.7. The van der Waals surface area contributed by atoms with E-state index in [1.54, 1.807) is 6.20 Å². The number of nitrogens with zero attached hydrogens (tertiary/aromatic N) is 4. The van der Waals surface area contributed by atoms with Crippen molar-refractivity contribution < 1.29 is 0 Å². The van der Waals surface area contributed by atoms with Crippen molar-refractivity contribution in [3.8, 4) is 0 Å². The molecular weight excluding hydrogens is 276 g/mol. The Labute approximate surface area is 132 Å². The summed E-state index contributed by atoms with van der Waals surface area (Å²) in [5, 5.41) is 14.5. The van der Waals surface area contributed by atoms with Crippen LogP contribution in [0.5, 0.6) is 0 Å². The molecule has 0 atom stereocenters. The molecule has 0 aliphatic rings. The molecule has 6 heteroatoms. The van der Waals surface area contributed by atoms with Gasteiger partial charge in [0, 0.05) is 12.2 Å². The maximum absolute atomic E-state index is 4.45. The van der Waals surface area contributed by atoms with Crippen molar-refractivity contribution in [1.29, 1.82) is 0 Å². The standard InChI is InChI=1S/C16H24N6/c1-4-13-8-5-6-9-14(13)19-15-12-18-21-16(20-15)17-10-7-11-22(2)3/h5-6,8-9,12H,4,7,10-11H2,1-3H3,(H2,17,19,20,21). The second-order valence-electron chi connectivity index (χ2n) is 5.38. The zero-order valence-electron chi connectivity index (χ0n) is 13.5. The summed E-state index contributed by atoms with van der Waals surface area (Å²) in [6.45, 7) is 3.99. The van der Waals surface area contributed by atoms with Gasteiger partial charge in [-0.3, -0.25) is 0 Å². The largest absolute Gasteiger partial charge is 0.353 e. The van der Waals surface area contributed by atoms with E-state index in [0.717, 1.165) is 31.6 Å². The van der Waals surface area contributed by atoms with Crippen LogP contribution in [0, 0.1) is 0 Å². The molecule has 1 aromatic carbocycles. The van der Waals surface area contributed by atoms with Gasteiger partial charge < -0.3 is 15.5 Å². The van der Waals surface area contributed by atoms with Crippen LogP contribution in [0.3, 0.4) is 0 Å². The molecule has 1 aromatic heterocycles. The van der Waals surface area contributed by atoms with Crippen LogP contribution in [0.4, 0.5) is 17.5 Å². The summed E-state index contributed by atoms with van der Waals surface area (Å²) >= 11 is 0. The number of benzene rings is 1. The molecule has 2 N–H and O–H groups in total. The summed E-state index contributed by atoms with van der Waals surface area (Å²) in [5.41, 5.74) is 2.31. The predicted octanol–water partition coefficient (Wildman–Crippen LogP) is 2.54. The second kappa shape index (κ2) is 8.29. The quantitative estimate of drug-likeness (QED) is 0.730. The first-order valence-corrected chi connectivity index (χ1v) is 7.62. The number of hydrogen-bond acceptors (Lipinski definition) is 6. The smallest absolute Gasteiger partial charge is 0.244 e. The molecule has 0 amide bonds. The maximum atomic E-state index is 4.45. The summed E-state index contributed by atoms with van der Waals surface area (Å²) in [4.78, 5) is 6.60. The summed E-state index contributed by atoms with van der Waals surface area (Å²) in [7, 11) is 4.13. The molecule has 0 saturated heterocycles. The van der Waals surface area contributed by atoms with Crippen LogP contribution in [-0.2, 0) is 6.42 Å². The fourth-order valence-corrected chi connectivity index (χ4v) is 2.12. The van der Waals surface area contributed by atoms with Crippen LogP contribution < -0.4 is 10.6 Å². The summed E-state index contributed by atoms with van der Waals surface area (Å²) in [6, 6.07) is 8.21. The van der Waals surface area contributed by atoms with E-state index in [1.165, 1.54) is 5.56 Å². The van der Waals surface area contributed by atoms with E-state index in [4.69, 9.17) is 0 Å². The van der Waals surface area contributed by atoms with Crippen molar-refractivity contribution in [3.63, 3.8) is 0 Å². The minimum Gasteiger partial charge on any atom is -0.353 e. The average molecular weight is 300 g/mol. The maximum Gasteiger partial charge on any atom is 0.244 e. The summed E-state index contributed by atoms with van der Waals surface area (Å²) in [5.74, 6) is 1.25. The molecular formula is C16H24N6. The monoisotopic (exact) mass is 300 g/mol. The SMILES string of the molecule is CCc1ccccc1Nc1cnnc(NCCCN(C)C)n1. The predicted molar refractivity (Wildman–Crippen MR) is 90.6 cm³/mol. The van der Waals surface area contributed by atoms with Gasteiger partial charge in [-0.1, -0.05) is 25.1 Å². The first kappa shape index (κ1) is 16.2. The van der Waals surface area contributed by atoms with Crippen molar-refractivity contribution in [2.45, 2.75) is 19.8 Å². The molecule has 0 bridgehead atoms. The normalized spacial score (nSPS) is 10.7. The molecule has 0 unspecified atom stereocenters. The number of aromatic nitrogens is 3. The molecule has 0 aliphatic heterocycles. The Kier molecular flexibility index (Phi) is 6.09. The Morgan fingerprint density at radius 2 is 2.00 bits per heavy atom. The summed E-state index contributed by atoms with van der Waals surface area (Å²) < 4.78 is 0. The molecule has 6 nitrogen and oxygen atoms in total. The Hall–Kier alpha value is -2.21. The van der Waals surface area contributed by atoms with Gasteiger partial charge in [0.05, 0.1) is 6.20 Å². The number of para-hydroxylation sites is 1. The van der Waals surface area contributed by atoms with Crippen LogP contribution in [0.15, 0.2) is 30.5 Å². The van der Waals surface area contributed by atoms with E-state index in [2.05, 4.69) is 57.8 Å². The van der Waals surface area contributed by atoms with Gasteiger partial charge in [0.15, 0.2) is 5.82 Å². The van der Waals surface area contributed by atoms with Gasteiger partial charge >= 0.3 is 0 Å². The Morgan fingerprint density at radius 1 is 1.18 bits per heavy atom. The highest BCUT2D eigenvalue weighted by Crippen LogP contribution is 2.19. The third-order valence-electron chi connectivity index (χ3n) is 3.29. The molecule has 2 aromatic rings. The van der Waals surface area contributed by atoms with Gasteiger partial charge in [-0.05, 0) is 45.1 Å². The Balaban J connectivity index is 1.96. The highest BCUT2D eigenvalue weighted by atomic mass is 15.3. The minimum atomic E-state index is 0.553. The highest BCUT2D eigenvalue weighted by molar-refractivity contribution is 5.60. The minimum absolute atomic E-state index is 0.553. The van der Waals surface area contributed by atoms with Crippen LogP contribution >= 0.6 is 0 Å². The number of anilines is 3. The van der Waals surface area contributed by atoms with Crippen molar-refractivity contribution in [1.82, 2.24) is 20.1 Å². The fourth-order valence-electron chi connectivity index (χ4n) is 2.12. The topological polar surface area (TPSA) is 66.0 Å². The lowest BCUT2D eigenvalue weighted by atomic mass is 10.1. The van der Waals surface area contributed by atoms with E-state index in [9.17, 15) is 0 Å². The van der Waals surface area contributed by atoms with Crippen LogP contribution in [-0.4, -0.2) is 47.3 Å². The number of nitrogens with one attached hydrogen (secondary N) is 2. The fraction of sp³-hybridized carbons (Fsp3) is 0.438. The van der Waals surface area contributed by atoms with Crippen molar-refractivity contribution in [2.24, 2.45) is 0 Å². The van der Waals surface area contributed by atoms with Crippen molar-refractivity contribution in [2.75, 3.05) is 37.8 Å². The summed E-state index contributed by atoms with van der Waals surface area (Å²) in [6.07, 6.45) is 3.64. The molecule has 0 saturated carbocycles. The third kappa shape index (κ3) is 4.96. The Morgan fingerprint density at radius 3 is 2.77 bits per heavy atom. The first-order valence-electron chi connectivity index (χ1n) is 7.62. The van der Waals surface area contributed by atoms with E-state index < -0.39 is 0 Å². The van der Waals surface area contributed by atoms with Crippen LogP contribution in [0.2, 0.25) is 0 Å². The van der Waals surface area contributed by atoms with Gasteiger partial charge in [-0.2, -0.15) is 10.1 Å². The van der Waals surface area contributed by atoms with Gasteiger partial charge in [0.2, 0.25) is 5.95 Å². The number of hydrogen-bond donors (Lipinski definition) is 2. The number of aryl methyl sites for hydroxylation is 1. The molecule has 2 rings (SSSR count). The van der Waals surface area contributed by atoms with E-state index >= 15 is 0 Å². The van der Waals surface area contributed by atoms with Gasteiger partial charge in [-0.15, -0.1) is 5.10 Å². The van der Waals surface area contributed by atoms with E-state index in [-0.39, 0.29) is 0 Å². The van der Waals surface area contributed by atoms with Crippen LogP contribution in [0.25, 0.3) is 0 Å². The van der Waals surface area contributed by atoms with Crippen molar-refractivity contribution >= 4 is 17.5 Å². The second-order valence-corrected chi connectivity index (χ2v) is 5.38. The lowest BCUT2D eigenvalue weighted by Crippen LogP contribution is -2.17. The van der Waals surface area contributed by atoms with Gasteiger partial charge in [0.1, 0.15) is 0 Å². The lowest BCUT2D eigenvalue weighted by molar-refractivity contribution is 0.405. The average Bonchev–Trinajstić information content (AvgIpc) is 2.52. The van der Waals surface area contributed by atoms with E-state index in [0.29, 0.717) is 11.8 Å².